The fraction of sp³-hybridized carbons (Fsp3) is 0.143. The molecule has 0 aliphatic carbocycles. The van der Waals surface area contributed by atoms with E-state index < -0.39 is 0 Å². The summed E-state index contributed by atoms with van der Waals surface area (Å²) in [6.45, 7) is 1.86. The summed E-state index contributed by atoms with van der Waals surface area (Å²) in [5.74, 6) is 0.565. The lowest BCUT2D eigenvalue weighted by Gasteiger charge is -1.97. The molecular weight excluding hydrogens is 228 g/mol. The van der Waals surface area contributed by atoms with Gasteiger partial charge in [0.1, 0.15) is 11.5 Å². The molecule has 0 saturated carbocycles. The average Bonchev–Trinajstić information content (AvgIpc) is 2.36. The number of aryl methyl sites for hydroxylation is 1. The summed E-state index contributed by atoms with van der Waals surface area (Å²) in [7, 11) is 1.84. The van der Waals surface area contributed by atoms with Crippen molar-refractivity contribution in [1.29, 1.82) is 0 Å². The van der Waals surface area contributed by atoms with Crippen LogP contribution in [0, 0.1) is 6.92 Å². The Morgan fingerprint density at radius 1 is 0.944 bits per heavy atom. The zero-order chi connectivity index (χ0) is 13.5. The van der Waals surface area contributed by atoms with Crippen molar-refractivity contribution < 1.29 is 10.2 Å². The van der Waals surface area contributed by atoms with Gasteiger partial charge < -0.3 is 21.3 Å². The van der Waals surface area contributed by atoms with Gasteiger partial charge in [-0.3, -0.25) is 0 Å². The van der Waals surface area contributed by atoms with E-state index in [0.29, 0.717) is 11.4 Å². The highest BCUT2D eigenvalue weighted by atomic mass is 16.3. The summed E-state index contributed by atoms with van der Waals surface area (Å²) < 4.78 is 0. The first-order valence-electron chi connectivity index (χ1n) is 5.55. The van der Waals surface area contributed by atoms with Crippen molar-refractivity contribution in [3.05, 3.63) is 48.0 Å². The first kappa shape index (κ1) is 13.7. The standard InChI is InChI=1S/2C7H9NO/c1-8-6-2-4-7(9)5-3-6;1-5-4-6(9)2-3-7(5)8/h2-5,8-9H,1H3;2-4,9H,8H2,1H3. The minimum Gasteiger partial charge on any atom is -0.508 e. The lowest BCUT2D eigenvalue weighted by molar-refractivity contribution is 0.474. The molecule has 2 aromatic rings. The highest BCUT2D eigenvalue weighted by molar-refractivity contribution is 5.49. The lowest BCUT2D eigenvalue weighted by atomic mass is 10.2. The molecule has 5 N–H and O–H groups in total. The van der Waals surface area contributed by atoms with Crippen LogP contribution in [-0.2, 0) is 0 Å². The molecular formula is C14H18N2O2. The number of phenols is 2. The van der Waals surface area contributed by atoms with E-state index in [0.717, 1.165) is 11.3 Å². The van der Waals surface area contributed by atoms with Gasteiger partial charge in [-0.25, -0.2) is 0 Å². The maximum atomic E-state index is 8.88. The number of hydrogen-bond donors (Lipinski definition) is 4. The first-order chi connectivity index (χ1) is 8.52. The Balaban J connectivity index is 0.000000180. The molecule has 0 fully saturated rings. The third-order valence-electron chi connectivity index (χ3n) is 2.41. The van der Waals surface area contributed by atoms with Crippen molar-refractivity contribution in [3.8, 4) is 11.5 Å². The fourth-order valence-electron chi connectivity index (χ4n) is 1.29. The SMILES string of the molecule is CNc1ccc(O)cc1.Cc1cc(O)ccc1N. The number of nitrogens with one attached hydrogen (secondary N) is 1. The van der Waals surface area contributed by atoms with Crippen LogP contribution in [-0.4, -0.2) is 17.3 Å². The van der Waals surface area contributed by atoms with Gasteiger partial charge in [-0.15, -0.1) is 0 Å². The molecule has 0 spiro atoms. The molecule has 4 nitrogen and oxygen atoms in total. The van der Waals surface area contributed by atoms with E-state index in [1.165, 1.54) is 0 Å². The summed E-state index contributed by atoms with van der Waals surface area (Å²) in [4.78, 5) is 0. The smallest absolute Gasteiger partial charge is 0.115 e. The monoisotopic (exact) mass is 246 g/mol. The molecule has 2 rings (SSSR count). The van der Waals surface area contributed by atoms with Crippen LogP contribution in [0.4, 0.5) is 11.4 Å². The van der Waals surface area contributed by atoms with Crippen LogP contribution in [0.15, 0.2) is 42.5 Å². The Morgan fingerprint density at radius 3 is 1.94 bits per heavy atom. The minimum atomic E-state index is 0.265. The van der Waals surface area contributed by atoms with Gasteiger partial charge in [0.15, 0.2) is 0 Å². The normalized spacial score (nSPS) is 9.22. The molecule has 4 heteroatoms. The number of benzene rings is 2. The maximum Gasteiger partial charge on any atom is 0.115 e. The Hall–Kier alpha value is -2.36. The van der Waals surface area contributed by atoms with Gasteiger partial charge in [-0.05, 0) is 55.0 Å². The van der Waals surface area contributed by atoms with Crippen molar-refractivity contribution in [2.75, 3.05) is 18.1 Å². The summed E-state index contributed by atoms with van der Waals surface area (Å²) in [5, 5.41) is 20.6. The molecule has 2 aromatic carbocycles. The van der Waals surface area contributed by atoms with E-state index in [2.05, 4.69) is 5.32 Å². The number of nitrogens with two attached hydrogens (primary N) is 1. The highest BCUT2D eigenvalue weighted by Crippen LogP contribution is 2.16. The third kappa shape index (κ3) is 4.25. The molecule has 0 unspecified atom stereocenters. The predicted octanol–water partition coefficient (Wildman–Crippen LogP) is 2.72. The molecule has 0 atom stereocenters. The zero-order valence-electron chi connectivity index (χ0n) is 10.5. The molecule has 18 heavy (non-hydrogen) atoms. The van der Waals surface area contributed by atoms with Gasteiger partial charge in [0.05, 0.1) is 0 Å². The Bertz CT molecular complexity index is 496. The third-order valence-corrected chi connectivity index (χ3v) is 2.41. The minimum absolute atomic E-state index is 0.265. The van der Waals surface area contributed by atoms with E-state index in [4.69, 9.17) is 15.9 Å². The quantitative estimate of drug-likeness (QED) is 0.461. The van der Waals surface area contributed by atoms with Crippen LogP contribution >= 0.6 is 0 Å². The van der Waals surface area contributed by atoms with Crippen LogP contribution in [0.25, 0.3) is 0 Å². The van der Waals surface area contributed by atoms with Crippen molar-refractivity contribution in [2.45, 2.75) is 6.92 Å². The van der Waals surface area contributed by atoms with E-state index in [1.54, 1.807) is 30.3 Å². The molecule has 0 amide bonds. The van der Waals surface area contributed by atoms with Gasteiger partial charge in [0, 0.05) is 18.4 Å². The van der Waals surface area contributed by atoms with Crippen molar-refractivity contribution in [1.82, 2.24) is 0 Å². The predicted molar refractivity (Wildman–Crippen MR) is 74.9 cm³/mol. The van der Waals surface area contributed by atoms with E-state index in [1.807, 2.05) is 26.1 Å². The fourth-order valence-corrected chi connectivity index (χ4v) is 1.29. The van der Waals surface area contributed by atoms with E-state index >= 15 is 0 Å². The van der Waals surface area contributed by atoms with Crippen molar-refractivity contribution >= 4 is 11.4 Å². The molecule has 0 aliphatic rings. The topological polar surface area (TPSA) is 78.5 Å². The van der Waals surface area contributed by atoms with Crippen LogP contribution < -0.4 is 11.1 Å². The van der Waals surface area contributed by atoms with E-state index in [-0.39, 0.29) is 5.75 Å². The Kier molecular flexibility index (Phi) is 4.87. The van der Waals surface area contributed by atoms with Crippen LogP contribution in [0.5, 0.6) is 11.5 Å². The number of aromatic hydroxyl groups is 2. The van der Waals surface area contributed by atoms with Gasteiger partial charge in [-0.1, -0.05) is 0 Å². The molecule has 0 saturated heterocycles. The summed E-state index contributed by atoms with van der Waals surface area (Å²) >= 11 is 0. The van der Waals surface area contributed by atoms with Gasteiger partial charge >= 0.3 is 0 Å². The molecule has 0 radical (unpaired) electrons. The lowest BCUT2D eigenvalue weighted by Crippen LogP contribution is -1.86. The second-order valence-electron chi connectivity index (χ2n) is 3.84. The average molecular weight is 246 g/mol. The number of hydrogen-bond acceptors (Lipinski definition) is 4. The Morgan fingerprint density at radius 2 is 1.50 bits per heavy atom. The number of phenolic OH excluding ortho intramolecular Hbond substituents is 2. The summed E-state index contributed by atoms with van der Waals surface area (Å²) in [6, 6.07) is 11.8. The van der Waals surface area contributed by atoms with Gasteiger partial charge in [0.2, 0.25) is 0 Å². The van der Waals surface area contributed by atoms with Gasteiger partial charge in [0.25, 0.3) is 0 Å². The van der Waals surface area contributed by atoms with Crippen LogP contribution in [0.3, 0.4) is 0 Å². The summed E-state index contributed by atoms with van der Waals surface area (Å²) in [6.07, 6.45) is 0. The molecule has 0 bridgehead atoms. The molecule has 0 aliphatic heterocycles. The Labute approximate surface area is 107 Å². The number of nitrogen functional groups attached to an aromatic ring is 1. The largest absolute Gasteiger partial charge is 0.508 e. The van der Waals surface area contributed by atoms with Crippen LogP contribution in [0.2, 0.25) is 0 Å². The molecule has 0 heterocycles. The molecule has 0 aromatic heterocycles. The van der Waals surface area contributed by atoms with Crippen molar-refractivity contribution in [3.63, 3.8) is 0 Å². The number of rotatable bonds is 1. The second kappa shape index (κ2) is 6.39. The highest BCUT2D eigenvalue weighted by Gasteiger charge is 1.91. The van der Waals surface area contributed by atoms with Crippen LogP contribution in [0.1, 0.15) is 5.56 Å². The molecule has 96 valence electrons. The number of anilines is 2. The summed E-state index contributed by atoms with van der Waals surface area (Å²) in [5.41, 5.74) is 8.11. The van der Waals surface area contributed by atoms with E-state index in [9.17, 15) is 0 Å². The second-order valence-corrected chi connectivity index (χ2v) is 3.84. The van der Waals surface area contributed by atoms with Gasteiger partial charge in [-0.2, -0.15) is 0 Å². The zero-order valence-corrected chi connectivity index (χ0v) is 10.5. The first-order valence-corrected chi connectivity index (χ1v) is 5.55. The van der Waals surface area contributed by atoms with Crippen molar-refractivity contribution in [2.24, 2.45) is 0 Å². The maximum absolute atomic E-state index is 8.88.